The van der Waals surface area contributed by atoms with Gasteiger partial charge in [0.2, 0.25) is 5.91 Å². The summed E-state index contributed by atoms with van der Waals surface area (Å²) in [7, 11) is 1.33. The first-order chi connectivity index (χ1) is 12.5. The van der Waals surface area contributed by atoms with Crippen LogP contribution < -0.4 is 10.6 Å². The molecule has 7 heteroatoms. The van der Waals surface area contributed by atoms with E-state index in [1.807, 2.05) is 37.3 Å². The van der Waals surface area contributed by atoms with Crippen LogP contribution in [0.4, 0.5) is 4.79 Å². The molecule has 4 atom stereocenters. The molecule has 0 aromatic heterocycles. The summed E-state index contributed by atoms with van der Waals surface area (Å²) < 4.78 is 4.82. The number of carbonyl (C=O) groups is 3. The third-order valence-corrected chi connectivity index (χ3v) is 5.27. The van der Waals surface area contributed by atoms with Gasteiger partial charge in [-0.05, 0) is 38.2 Å². The third kappa shape index (κ3) is 3.66. The molecule has 2 aliphatic heterocycles. The van der Waals surface area contributed by atoms with Crippen molar-refractivity contribution in [2.45, 2.75) is 56.8 Å². The highest BCUT2D eigenvalue weighted by atomic mass is 16.5. The van der Waals surface area contributed by atoms with E-state index in [0.29, 0.717) is 12.8 Å². The number of urea groups is 1. The van der Waals surface area contributed by atoms with Gasteiger partial charge in [-0.3, -0.25) is 4.79 Å². The van der Waals surface area contributed by atoms with Crippen LogP contribution in [0.5, 0.6) is 0 Å². The predicted molar refractivity (Wildman–Crippen MR) is 95.2 cm³/mol. The quantitative estimate of drug-likeness (QED) is 0.802. The number of piperidine rings is 1. The molecule has 140 valence electrons. The number of hydrogen-bond acceptors (Lipinski definition) is 4. The molecular weight excluding hydrogens is 334 g/mol. The van der Waals surface area contributed by atoms with Crippen molar-refractivity contribution in [3.8, 4) is 0 Å². The van der Waals surface area contributed by atoms with Gasteiger partial charge in [0, 0.05) is 6.04 Å². The van der Waals surface area contributed by atoms with Crippen molar-refractivity contribution in [3.63, 3.8) is 0 Å². The summed E-state index contributed by atoms with van der Waals surface area (Å²) in [5, 5.41) is 5.62. The summed E-state index contributed by atoms with van der Waals surface area (Å²) in [5.74, 6) is -0.583. The van der Waals surface area contributed by atoms with Crippen LogP contribution in [-0.4, -0.2) is 48.0 Å². The monoisotopic (exact) mass is 359 g/mol. The Bertz CT molecular complexity index is 679. The molecule has 3 amide bonds. The van der Waals surface area contributed by atoms with Gasteiger partial charge in [-0.1, -0.05) is 30.3 Å². The Morgan fingerprint density at radius 2 is 1.85 bits per heavy atom. The Balaban J connectivity index is 1.60. The second kappa shape index (κ2) is 7.76. The summed E-state index contributed by atoms with van der Waals surface area (Å²) in [6.45, 7) is 1.89. The molecule has 0 aliphatic carbocycles. The number of esters is 1. The van der Waals surface area contributed by atoms with Crippen LogP contribution in [0, 0.1) is 0 Å². The molecule has 2 heterocycles. The minimum atomic E-state index is -0.612. The Morgan fingerprint density at radius 1 is 1.15 bits per heavy atom. The van der Waals surface area contributed by atoms with Gasteiger partial charge in [0.05, 0.1) is 13.2 Å². The van der Waals surface area contributed by atoms with Crippen molar-refractivity contribution < 1.29 is 19.1 Å². The Kier molecular flexibility index (Phi) is 5.44. The minimum Gasteiger partial charge on any atom is -0.467 e. The van der Waals surface area contributed by atoms with Crippen LogP contribution in [0.1, 0.15) is 44.2 Å². The average Bonchev–Trinajstić information content (AvgIpc) is 3.09. The smallest absolute Gasteiger partial charge is 0.328 e. The van der Waals surface area contributed by atoms with Crippen LogP contribution in [0.2, 0.25) is 0 Å². The Hall–Kier alpha value is -2.57. The number of carbonyl (C=O) groups excluding carboxylic acids is 3. The Labute approximate surface area is 153 Å². The number of benzene rings is 1. The molecule has 1 aromatic carbocycles. The maximum atomic E-state index is 12.8. The largest absolute Gasteiger partial charge is 0.467 e. The fraction of sp³-hybridized carbons (Fsp3) is 0.526. The molecule has 2 aliphatic rings. The molecule has 0 bridgehead atoms. The van der Waals surface area contributed by atoms with Crippen LogP contribution in [0.25, 0.3) is 0 Å². The molecule has 0 radical (unpaired) electrons. The van der Waals surface area contributed by atoms with Crippen LogP contribution in [0.3, 0.4) is 0 Å². The molecule has 1 aromatic rings. The van der Waals surface area contributed by atoms with Gasteiger partial charge in [0.25, 0.3) is 0 Å². The highest BCUT2D eigenvalue weighted by Gasteiger charge is 2.46. The fourth-order valence-electron chi connectivity index (χ4n) is 3.89. The zero-order valence-electron chi connectivity index (χ0n) is 15.1. The second-order valence-corrected chi connectivity index (χ2v) is 6.90. The number of fused-ring (bicyclic) bond motifs is 1. The van der Waals surface area contributed by atoms with Crippen molar-refractivity contribution in [2.24, 2.45) is 0 Å². The van der Waals surface area contributed by atoms with E-state index in [1.54, 1.807) is 4.90 Å². The van der Waals surface area contributed by atoms with Gasteiger partial charge < -0.3 is 20.3 Å². The number of rotatable bonds is 4. The number of amides is 3. The zero-order chi connectivity index (χ0) is 18.7. The first-order valence-corrected chi connectivity index (χ1v) is 9.03. The number of methoxy groups -OCH3 is 1. The lowest BCUT2D eigenvalue weighted by Crippen LogP contribution is -2.58. The van der Waals surface area contributed by atoms with Gasteiger partial charge >= 0.3 is 12.0 Å². The van der Waals surface area contributed by atoms with E-state index in [4.69, 9.17) is 4.74 Å². The highest BCUT2D eigenvalue weighted by Crippen LogP contribution is 2.33. The first-order valence-electron chi connectivity index (χ1n) is 9.03. The zero-order valence-corrected chi connectivity index (χ0v) is 15.1. The maximum Gasteiger partial charge on any atom is 0.328 e. The normalized spacial score (nSPS) is 26.0. The molecule has 3 rings (SSSR count). The number of nitrogens with zero attached hydrogens (tertiary/aromatic N) is 1. The van der Waals surface area contributed by atoms with E-state index in [1.165, 1.54) is 7.11 Å². The maximum absolute atomic E-state index is 12.8. The number of ether oxygens (including phenoxy) is 1. The second-order valence-electron chi connectivity index (χ2n) is 6.90. The lowest BCUT2D eigenvalue weighted by molar-refractivity contribution is -0.154. The van der Waals surface area contributed by atoms with Gasteiger partial charge in [0.15, 0.2) is 0 Å². The summed E-state index contributed by atoms with van der Waals surface area (Å²) in [5.41, 5.74) is 0.989. The fourth-order valence-corrected chi connectivity index (χ4v) is 3.89. The van der Waals surface area contributed by atoms with E-state index >= 15 is 0 Å². The van der Waals surface area contributed by atoms with Crippen molar-refractivity contribution >= 4 is 17.9 Å². The van der Waals surface area contributed by atoms with E-state index in [-0.39, 0.29) is 30.0 Å². The first kappa shape index (κ1) is 18.2. The molecule has 2 fully saturated rings. The van der Waals surface area contributed by atoms with Crippen molar-refractivity contribution in [1.29, 1.82) is 0 Å². The molecule has 26 heavy (non-hydrogen) atoms. The molecule has 7 nitrogen and oxygen atoms in total. The molecule has 0 spiro atoms. The number of hydrogen-bond donors (Lipinski definition) is 2. The lowest BCUT2D eigenvalue weighted by atomic mass is 9.98. The SMILES string of the molecule is COC(=O)[C@@H]1CC[C@@H]2CC[C@H](NC(=O)N[C@@H](C)c3ccccc3)C(=O)N21. The van der Waals surface area contributed by atoms with E-state index in [0.717, 1.165) is 18.4 Å². The van der Waals surface area contributed by atoms with Crippen LogP contribution in [0.15, 0.2) is 30.3 Å². The summed E-state index contributed by atoms with van der Waals surface area (Å²) in [4.78, 5) is 38.7. The average molecular weight is 359 g/mol. The van der Waals surface area contributed by atoms with Crippen LogP contribution in [-0.2, 0) is 14.3 Å². The Morgan fingerprint density at radius 3 is 2.54 bits per heavy atom. The molecular formula is C19H25N3O4. The topological polar surface area (TPSA) is 87.7 Å². The van der Waals surface area contributed by atoms with Crippen molar-refractivity contribution in [1.82, 2.24) is 15.5 Å². The van der Waals surface area contributed by atoms with E-state index in [2.05, 4.69) is 10.6 Å². The van der Waals surface area contributed by atoms with E-state index in [9.17, 15) is 14.4 Å². The van der Waals surface area contributed by atoms with Gasteiger partial charge in [-0.25, -0.2) is 9.59 Å². The standard InChI is InChI=1S/C19H25N3O4/c1-12(13-6-4-3-5-7-13)20-19(25)21-15-10-8-14-9-11-16(18(24)26-2)22(14)17(15)23/h3-7,12,14-16H,8-11H2,1-2H3,(H2,20,21,25)/t12-,14-,15-,16-/m0/s1. The van der Waals surface area contributed by atoms with Crippen molar-refractivity contribution in [3.05, 3.63) is 35.9 Å². The third-order valence-electron chi connectivity index (χ3n) is 5.27. The molecule has 0 unspecified atom stereocenters. The minimum absolute atomic E-state index is 0.0657. The summed E-state index contributed by atoms with van der Waals surface area (Å²) in [6, 6.07) is 7.99. The van der Waals surface area contributed by atoms with Crippen molar-refractivity contribution in [2.75, 3.05) is 7.11 Å². The summed E-state index contributed by atoms with van der Waals surface area (Å²) >= 11 is 0. The number of nitrogens with one attached hydrogen (secondary N) is 2. The molecule has 2 N–H and O–H groups in total. The van der Waals surface area contributed by atoms with Gasteiger partial charge in [-0.15, -0.1) is 0 Å². The van der Waals surface area contributed by atoms with Gasteiger partial charge in [0.1, 0.15) is 12.1 Å². The molecule has 2 saturated heterocycles. The van der Waals surface area contributed by atoms with E-state index < -0.39 is 12.1 Å². The highest BCUT2D eigenvalue weighted by molar-refractivity contribution is 5.91. The van der Waals surface area contributed by atoms with Crippen LogP contribution >= 0.6 is 0 Å². The summed E-state index contributed by atoms with van der Waals surface area (Å²) in [6.07, 6.45) is 2.78. The van der Waals surface area contributed by atoms with Gasteiger partial charge in [-0.2, -0.15) is 0 Å². The molecule has 0 saturated carbocycles. The predicted octanol–water partition coefficient (Wildman–Crippen LogP) is 1.74. The lowest BCUT2D eigenvalue weighted by Gasteiger charge is -2.37.